The molecular formula is C14H14FNO2. The van der Waals surface area contributed by atoms with Crippen LogP contribution in [0, 0.1) is 29.5 Å². The normalized spacial score (nSPS) is 20.8. The first-order chi connectivity index (χ1) is 8.61. The number of carbonyl (C=O) groups is 1. The summed E-state index contributed by atoms with van der Waals surface area (Å²) in [6, 6.07) is 4.34. The lowest BCUT2D eigenvalue weighted by Crippen LogP contribution is -2.14. The maximum Gasteiger partial charge on any atom is 0.227 e. The largest absolute Gasteiger partial charge is 0.384 e. The Hall–Kier alpha value is -1.86. The van der Waals surface area contributed by atoms with Crippen LogP contribution in [0.4, 0.5) is 10.1 Å². The van der Waals surface area contributed by atoms with Crippen LogP contribution in [0.5, 0.6) is 0 Å². The minimum Gasteiger partial charge on any atom is -0.384 e. The summed E-state index contributed by atoms with van der Waals surface area (Å²) in [6.45, 7) is 1.70. The standard InChI is InChI=1S/C14H14FNO2/c1-9-7-12(9)14(18)16-11-5-4-10(3-2-6-17)13(15)8-11/h4-5,8-9,12,17H,6-7H2,1H3,(H,16,18). The first kappa shape index (κ1) is 12.6. The van der Waals surface area contributed by atoms with Gasteiger partial charge in [0, 0.05) is 11.6 Å². The van der Waals surface area contributed by atoms with E-state index in [4.69, 9.17) is 5.11 Å². The molecule has 0 radical (unpaired) electrons. The first-order valence-corrected chi connectivity index (χ1v) is 5.82. The molecule has 2 N–H and O–H groups in total. The summed E-state index contributed by atoms with van der Waals surface area (Å²) in [4.78, 5) is 11.7. The second kappa shape index (κ2) is 5.19. The van der Waals surface area contributed by atoms with E-state index in [0.717, 1.165) is 6.42 Å². The topological polar surface area (TPSA) is 49.3 Å². The molecule has 1 aromatic carbocycles. The van der Waals surface area contributed by atoms with Gasteiger partial charge in [-0.15, -0.1) is 0 Å². The van der Waals surface area contributed by atoms with Gasteiger partial charge in [0.2, 0.25) is 5.91 Å². The highest BCUT2D eigenvalue weighted by atomic mass is 19.1. The van der Waals surface area contributed by atoms with Crippen molar-refractivity contribution in [2.45, 2.75) is 13.3 Å². The Morgan fingerprint density at radius 1 is 1.61 bits per heavy atom. The van der Waals surface area contributed by atoms with Crippen molar-refractivity contribution in [3.05, 3.63) is 29.6 Å². The molecule has 2 atom stereocenters. The number of halogens is 1. The van der Waals surface area contributed by atoms with Crippen LogP contribution in [0.15, 0.2) is 18.2 Å². The van der Waals surface area contributed by atoms with Crippen molar-refractivity contribution in [3.8, 4) is 11.8 Å². The van der Waals surface area contributed by atoms with Crippen molar-refractivity contribution in [1.82, 2.24) is 0 Å². The van der Waals surface area contributed by atoms with Gasteiger partial charge in [-0.2, -0.15) is 0 Å². The number of hydrogen-bond acceptors (Lipinski definition) is 2. The van der Waals surface area contributed by atoms with E-state index in [-0.39, 0.29) is 24.0 Å². The zero-order valence-electron chi connectivity index (χ0n) is 10.0. The van der Waals surface area contributed by atoms with E-state index in [1.54, 1.807) is 6.07 Å². The van der Waals surface area contributed by atoms with E-state index in [9.17, 15) is 9.18 Å². The Morgan fingerprint density at radius 3 is 2.89 bits per heavy atom. The Labute approximate surface area is 105 Å². The summed E-state index contributed by atoms with van der Waals surface area (Å²) in [5.74, 6) is 4.79. The van der Waals surface area contributed by atoms with Gasteiger partial charge in [-0.3, -0.25) is 4.79 Å². The molecule has 0 heterocycles. The summed E-state index contributed by atoms with van der Waals surface area (Å²) in [7, 11) is 0. The third kappa shape index (κ3) is 2.88. The Kier molecular flexibility index (Phi) is 3.63. The number of carbonyl (C=O) groups excluding carboxylic acids is 1. The lowest BCUT2D eigenvalue weighted by atomic mass is 10.2. The number of amides is 1. The second-order valence-corrected chi connectivity index (χ2v) is 4.46. The maximum atomic E-state index is 13.6. The fourth-order valence-corrected chi connectivity index (χ4v) is 1.75. The number of anilines is 1. The highest BCUT2D eigenvalue weighted by Gasteiger charge is 2.39. The van der Waals surface area contributed by atoms with E-state index in [1.807, 2.05) is 6.92 Å². The van der Waals surface area contributed by atoms with E-state index >= 15 is 0 Å². The predicted octanol–water partition coefficient (Wildman–Crippen LogP) is 1.76. The van der Waals surface area contributed by atoms with Crippen molar-refractivity contribution in [3.63, 3.8) is 0 Å². The Balaban J connectivity index is 2.06. The second-order valence-electron chi connectivity index (χ2n) is 4.46. The molecule has 18 heavy (non-hydrogen) atoms. The average Bonchev–Trinajstić information content (AvgIpc) is 3.05. The van der Waals surface area contributed by atoms with E-state index in [2.05, 4.69) is 17.2 Å². The molecule has 0 aromatic heterocycles. The molecule has 94 valence electrons. The molecule has 1 aliphatic rings. The van der Waals surface area contributed by atoms with Crippen molar-refractivity contribution in [2.75, 3.05) is 11.9 Å². The zero-order chi connectivity index (χ0) is 13.1. The van der Waals surface area contributed by atoms with Crippen molar-refractivity contribution >= 4 is 11.6 Å². The molecule has 0 spiro atoms. The molecule has 2 unspecified atom stereocenters. The minimum atomic E-state index is -0.502. The van der Waals surface area contributed by atoms with Crippen LogP contribution >= 0.6 is 0 Å². The summed E-state index contributed by atoms with van der Waals surface area (Å²) in [5.41, 5.74) is 0.646. The van der Waals surface area contributed by atoms with Crippen LogP contribution in [-0.4, -0.2) is 17.6 Å². The quantitative estimate of drug-likeness (QED) is 0.782. The van der Waals surface area contributed by atoms with Gasteiger partial charge in [-0.1, -0.05) is 18.8 Å². The minimum absolute atomic E-state index is 0.0573. The van der Waals surface area contributed by atoms with Crippen LogP contribution in [0.3, 0.4) is 0 Å². The van der Waals surface area contributed by atoms with Crippen molar-refractivity contribution < 1.29 is 14.3 Å². The van der Waals surface area contributed by atoms with Gasteiger partial charge in [0.05, 0.1) is 5.56 Å². The maximum absolute atomic E-state index is 13.6. The summed E-state index contributed by atoms with van der Waals surface area (Å²) in [6.07, 6.45) is 0.897. The molecule has 3 nitrogen and oxygen atoms in total. The fraction of sp³-hybridized carbons (Fsp3) is 0.357. The predicted molar refractivity (Wildman–Crippen MR) is 66.3 cm³/mol. The smallest absolute Gasteiger partial charge is 0.227 e. The number of benzene rings is 1. The van der Waals surface area contributed by atoms with Crippen LogP contribution in [0.25, 0.3) is 0 Å². The third-order valence-electron chi connectivity index (χ3n) is 2.98. The molecule has 0 aliphatic heterocycles. The highest BCUT2D eigenvalue weighted by molar-refractivity contribution is 5.94. The lowest BCUT2D eigenvalue weighted by molar-refractivity contribution is -0.117. The Morgan fingerprint density at radius 2 is 2.33 bits per heavy atom. The van der Waals surface area contributed by atoms with Crippen molar-refractivity contribution in [1.29, 1.82) is 0 Å². The molecule has 1 aliphatic carbocycles. The van der Waals surface area contributed by atoms with Gasteiger partial charge in [0.25, 0.3) is 0 Å². The number of nitrogens with one attached hydrogen (secondary N) is 1. The zero-order valence-corrected chi connectivity index (χ0v) is 10.0. The number of rotatable bonds is 2. The number of hydrogen-bond donors (Lipinski definition) is 2. The van der Waals surface area contributed by atoms with Gasteiger partial charge >= 0.3 is 0 Å². The molecule has 4 heteroatoms. The molecule has 0 bridgehead atoms. The Bertz CT molecular complexity index is 530. The molecule has 0 saturated heterocycles. The molecule has 1 fully saturated rings. The van der Waals surface area contributed by atoms with Gasteiger partial charge in [0.15, 0.2) is 0 Å². The van der Waals surface area contributed by atoms with E-state index in [1.165, 1.54) is 12.1 Å². The summed E-state index contributed by atoms with van der Waals surface area (Å²) < 4.78 is 13.6. The molecule has 1 amide bonds. The molecular weight excluding hydrogens is 233 g/mol. The SMILES string of the molecule is CC1CC1C(=O)Nc1ccc(C#CCO)c(F)c1. The van der Waals surface area contributed by atoms with E-state index in [0.29, 0.717) is 11.6 Å². The van der Waals surface area contributed by atoms with Crippen LogP contribution in [0.2, 0.25) is 0 Å². The fourth-order valence-electron chi connectivity index (χ4n) is 1.75. The van der Waals surface area contributed by atoms with E-state index < -0.39 is 5.82 Å². The average molecular weight is 247 g/mol. The summed E-state index contributed by atoms with van der Waals surface area (Å²) >= 11 is 0. The van der Waals surface area contributed by atoms with Crippen LogP contribution in [0.1, 0.15) is 18.9 Å². The van der Waals surface area contributed by atoms with Gasteiger partial charge < -0.3 is 10.4 Å². The van der Waals surface area contributed by atoms with Gasteiger partial charge in [-0.05, 0) is 30.5 Å². The van der Waals surface area contributed by atoms with Crippen molar-refractivity contribution in [2.24, 2.45) is 11.8 Å². The van der Waals surface area contributed by atoms with Gasteiger partial charge in [0.1, 0.15) is 12.4 Å². The van der Waals surface area contributed by atoms with Crippen LogP contribution in [-0.2, 0) is 4.79 Å². The lowest BCUT2D eigenvalue weighted by Gasteiger charge is -2.05. The van der Waals surface area contributed by atoms with Crippen LogP contribution < -0.4 is 5.32 Å². The first-order valence-electron chi connectivity index (χ1n) is 5.82. The highest BCUT2D eigenvalue weighted by Crippen LogP contribution is 2.38. The monoisotopic (exact) mass is 247 g/mol. The molecule has 2 rings (SSSR count). The number of aliphatic hydroxyl groups excluding tert-OH is 1. The third-order valence-corrected chi connectivity index (χ3v) is 2.98. The summed E-state index contributed by atoms with van der Waals surface area (Å²) in [5, 5.41) is 11.2. The number of aliphatic hydroxyl groups is 1. The van der Waals surface area contributed by atoms with Gasteiger partial charge in [-0.25, -0.2) is 4.39 Å². The molecule has 1 aromatic rings. The molecule has 1 saturated carbocycles.